The molecule has 34 heavy (non-hydrogen) atoms. The standard InChI is InChI=1S/C26H23ClFNO5/c1-4-11-33-20-10-6-16(12-14(20)2)24(30)22-23(21-9-5-15(3)34-21)29(26(32)25(22)31)17-7-8-19(28)18(27)13-17/h5-10,12-13,23,30H,4,11H2,1-3H3/b24-22-. The van der Waals surface area contributed by atoms with Crippen LogP contribution in [0.3, 0.4) is 0 Å². The number of Topliss-reactive ketones (excluding diaryl/α,β-unsaturated/α-hetero) is 1. The highest BCUT2D eigenvalue weighted by molar-refractivity contribution is 6.51. The minimum atomic E-state index is -1.06. The molecular formula is C26H23ClFNO5. The number of amides is 1. The van der Waals surface area contributed by atoms with Gasteiger partial charge in [0.05, 0.1) is 17.2 Å². The molecule has 0 radical (unpaired) electrons. The van der Waals surface area contributed by atoms with Gasteiger partial charge in [0.2, 0.25) is 0 Å². The van der Waals surface area contributed by atoms with Crippen LogP contribution >= 0.6 is 11.6 Å². The maximum atomic E-state index is 13.8. The molecule has 4 rings (SSSR count). The van der Waals surface area contributed by atoms with E-state index in [0.29, 0.717) is 23.7 Å². The first-order valence-corrected chi connectivity index (χ1v) is 11.2. The van der Waals surface area contributed by atoms with E-state index < -0.39 is 23.5 Å². The maximum absolute atomic E-state index is 13.8. The molecule has 0 spiro atoms. The fourth-order valence-electron chi connectivity index (χ4n) is 3.93. The summed E-state index contributed by atoms with van der Waals surface area (Å²) in [6.45, 7) is 6.10. The van der Waals surface area contributed by atoms with Crippen LogP contribution in [0.15, 0.2) is 58.5 Å². The normalized spacial score (nSPS) is 17.4. The summed E-state index contributed by atoms with van der Waals surface area (Å²) in [6.07, 6.45) is 0.848. The highest BCUT2D eigenvalue weighted by Gasteiger charge is 2.48. The van der Waals surface area contributed by atoms with Crippen molar-refractivity contribution in [2.75, 3.05) is 11.5 Å². The molecule has 1 aromatic heterocycles. The van der Waals surface area contributed by atoms with Crippen molar-refractivity contribution in [3.05, 3.63) is 87.6 Å². The molecule has 0 bridgehead atoms. The van der Waals surface area contributed by atoms with Crippen molar-refractivity contribution in [2.24, 2.45) is 0 Å². The average molecular weight is 484 g/mol. The second-order valence-corrected chi connectivity index (χ2v) is 8.45. The number of aryl methyl sites for hydroxylation is 2. The zero-order valence-electron chi connectivity index (χ0n) is 18.9. The quantitative estimate of drug-likeness (QED) is 0.260. The average Bonchev–Trinajstić information content (AvgIpc) is 3.35. The number of halogens is 2. The van der Waals surface area contributed by atoms with Gasteiger partial charge in [0.1, 0.15) is 34.9 Å². The number of ether oxygens (including phenoxy) is 1. The van der Waals surface area contributed by atoms with E-state index in [9.17, 15) is 19.1 Å². The number of aliphatic hydroxyl groups excluding tert-OH is 1. The van der Waals surface area contributed by atoms with Gasteiger partial charge in [0.25, 0.3) is 11.7 Å². The fraction of sp³-hybridized carbons (Fsp3) is 0.231. The lowest BCUT2D eigenvalue weighted by atomic mass is 9.98. The molecule has 1 saturated heterocycles. The molecule has 1 N–H and O–H groups in total. The van der Waals surface area contributed by atoms with Crippen LogP contribution in [0.2, 0.25) is 5.02 Å². The minimum absolute atomic E-state index is 0.138. The molecule has 2 aromatic carbocycles. The molecule has 0 saturated carbocycles. The number of benzene rings is 2. The van der Waals surface area contributed by atoms with Gasteiger partial charge in [-0.25, -0.2) is 4.39 Å². The van der Waals surface area contributed by atoms with E-state index >= 15 is 0 Å². The van der Waals surface area contributed by atoms with Gasteiger partial charge in [0.15, 0.2) is 0 Å². The summed E-state index contributed by atoms with van der Waals surface area (Å²) in [4.78, 5) is 27.4. The highest BCUT2D eigenvalue weighted by atomic mass is 35.5. The third kappa shape index (κ3) is 4.19. The van der Waals surface area contributed by atoms with Gasteiger partial charge in [0, 0.05) is 11.3 Å². The largest absolute Gasteiger partial charge is 0.507 e. The molecule has 1 aliphatic rings. The number of carbonyl (C=O) groups is 2. The van der Waals surface area contributed by atoms with Crippen LogP contribution in [-0.4, -0.2) is 23.4 Å². The number of anilines is 1. The third-order valence-electron chi connectivity index (χ3n) is 5.57. The summed E-state index contributed by atoms with van der Waals surface area (Å²) in [6, 6.07) is 11.0. The molecule has 1 fully saturated rings. The number of rotatable bonds is 6. The molecule has 1 aliphatic heterocycles. The number of aliphatic hydroxyl groups is 1. The van der Waals surface area contributed by atoms with Gasteiger partial charge in [-0.15, -0.1) is 0 Å². The predicted molar refractivity (Wildman–Crippen MR) is 127 cm³/mol. The number of furan rings is 1. The summed E-state index contributed by atoms with van der Waals surface area (Å²) in [5.74, 6) is -1.28. The Balaban J connectivity index is 1.87. The first-order chi connectivity index (χ1) is 16.2. The van der Waals surface area contributed by atoms with Crippen LogP contribution in [0.25, 0.3) is 5.76 Å². The molecule has 6 nitrogen and oxygen atoms in total. The van der Waals surface area contributed by atoms with E-state index in [0.717, 1.165) is 23.0 Å². The van der Waals surface area contributed by atoms with Gasteiger partial charge in [-0.2, -0.15) is 0 Å². The SMILES string of the molecule is CCCOc1ccc(/C(O)=C2/C(=O)C(=O)N(c3ccc(F)c(Cl)c3)C2c2ccc(C)o2)cc1C. The monoisotopic (exact) mass is 483 g/mol. The van der Waals surface area contributed by atoms with Crippen molar-refractivity contribution in [3.8, 4) is 5.75 Å². The molecule has 0 aliphatic carbocycles. The Morgan fingerprint density at radius 3 is 2.53 bits per heavy atom. The Bertz CT molecular complexity index is 1310. The van der Waals surface area contributed by atoms with Gasteiger partial charge in [-0.05, 0) is 74.4 Å². The van der Waals surface area contributed by atoms with E-state index in [2.05, 4.69) is 0 Å². The van der Waals surface area contributed by atoms with E-state index in [1.165, 1.54) is 12.1 Å². The van der Waals surface area contributed by atoms with Crippen LogP contribution in [0.5, 0.6) is 5.75 Å². The zero-order chi connectivity index (χ0) is 24.6. The smallest absolute Gasteiger partial charge is 0.300 e. The molecule has 1 unspecified atom stereocenters. The van der Waals surface area contributed by atoms with Crippen molar-refractivity contribution in [2.45, 2.75) is 33.2 Å². The Morgan fingerprint density at radius 2 is 1.91 bits per heavy atom. The number of hydrogen-bond donors (Lipinski definition) is 1. The summed E-state index contributed by atoms with van der Waals surface area (Å²) >= 11 is 5.94. The summed E-state index contributed by atoms with van der Waals surface area (Å²) in [5.41, 5.74) is 1.18. The molecular weight excluding hydrogens is 461 g/mol. The van der Waals surface area contributed by atoms with E-state index in [4.69, 9.17) is 20.8 Å². The van der Waals surface area contributed by atoms with Crippen LogP contribution in [0.4, 0.5) is 10.1 Å². The molecule has 3 aromatic rings. The Labute approximate surface area is 201 Å². The Hall–Kier alpha value is -3.58. The first-order valence-electron chi connectivity index (χ1n) is 10.8. The van der Waals surface area contributed by atoms with Gasteiger partial charge < -0.3 is 14.3 Å². The summed E-state index contributed by atoms with van der Waals surface area (Å²) < 4.78 is 25.2. The number of carbonyl (C=O) groups excluding carboxylic acids is 2. The zero-order valence-corrected chi connectivity index (χ0v) is 19.6. The van der Waals surface area contributed by atoms with Crippen molar-refractivity contribution in [3.63, 3.8) is 0 Å². The van der Waals surface area contributed by atoms with E-state index in [1.807, 2.05) is 13.8 Å². The lowest BCUT2D eigenvalue weighted by Crippen LogP contribution is -2.29. The second-order valence-electron chi connectivity index (χ2n) is 8.04. The first kappa shape index (κ1) is 23.6. The van der Waals surface area contributed by atoms with Crippen LogP contribution in [0, 0.1) is 19.7 Å². The van der Waals surface area contributed by atoms with Crippen molar-refractivity contribution in [1.82, 2.24) is 0 Å². The fourth-order valence-corrected chi connectivity index (χ4v) is 4.10. The Morgan fingerprint density at radius 1 is 1.15 bits per heavy atom. The minimum Gasteiger partial charge on any atom is -0.507 e. The predicted octanol–water partition coefficient (Wildman–Crippen LogP) is 6.10. The van der Waals surface area contributed by atoms with E-state index in [1.54, 1.807) is 37.3 Å². The summed E-state index contributed by atoms with van der Waals surface area (Å²) in [5, 5.41) is 11.0. The van der Waals surface area contributed by atoms with Gasteiger partial charge in [-0.1, -0.05) is 18.5 Å². The van der Waals surface area contributed by atoms with Crippen molar-refractivity contribution >= 4 is 34.7 Å². The van der Waals surface area contributed by atoms with Gasteiger partial charge in [-0.3, -0.25) is 14.5 Å². The highest BCUT2D eigenvalue weighted by Crippen LogP contribution is 2.43. The third-order valence-corrected chi connectivity index (χ3v) is 5.86. The molecule has 1 atom stereocenters. The topological polar surface area (TPSA) is 80.0 Å². The molecule has 2 heterocycles. The van der Waals surface area contributed by atoms with Gasteiger partial charge >= 0.3 is 0 Å². The second kappa shape index (κ2) is 9.35. The van der Waals surface area contributed by atoms with E-state index in [-0.39, 0.29) is 27.8 Å². The van der Waals surface area contributed by atoms with Crippen molar-refractivity contribution < 1.29 is 28.2 Å². The molecule has 1 amide bonds. The van der Waals surface area contributed by atoms with Crippen LogP contribution in [-0.2, 0) is 9.59 Å². The van der Waals surface area contributed by atoms with Crippen LogP contribution in [0.1, 0.15) is 42.0 Å². The lowest BCUT2D eigenvalue weighted by Gasteiger charge is -2.23. The number of hydrogen-bond acceptors (Lipinski definition) is 5. The summed E-state index contributed by atoms with van der Waals surface area (Å²) in [7, 11) is 0. The van der Waals surface area contributed by atoms with Crippen LogP contribution < -0.4 is 9.64 Å². The molecule has 176 valence electrons. The Kier molecular flexibility index (Phi) is 6.48. The number of nitrogens with zero attached hydrogens (tertiary/aromatic N) is 1. The maximum Gasteiger partial charge on any atom is 0.300 e. The lowest BCUT2D eigenvalue weighted by molar-refractivity contribution is -0.132. The molecule has 8 heteroatoms. The van der Waals surface area contributed by atoms with Crippen molar-refractivity contribution in [1.29, 1.82) is 0 Å². The number of ketones is 1.